The Labute approximate surface area is 123 Å². The van der Waals surface area contributed by atoms with Crippen molar-refractivity contribution in [1.29, 1.82) is 0 Å². The average Bonchev–Trinajstić information content (AvgIpc) is 2.36. The molecule has 0 saturated heterocycles. The lowest BCUT2D eigenvalue weighted by atomic mass is 10.1. The number of hydrogen-bond donors (Lipinski definition) is 2. The van der Waals surface area contributed by atoms with Gasteiger partial charge in [-0.2, -0.15) is 0 Å². The maximum Gasteiger partial charge on any atom is 0.106 e. The average molecular weight is 291 g/mol. The molecule has 98 valence electrons. The molecule has 0 heterocycles. The minimum Gasteiger partial charge on any atom is -0.389 e. The lowest BCUT2D eigenvalue weighted by Gasteiger charge is -2.13. The Morgan fingerprint density at radius 3 is 2.47 bits per heavy atom. The van der Waals surface area contributed by atoms with Crippen molar-refractivity contribution < 1.29 is 0 Å². The van der Waals surface area contributed by atoms with E-state index < -0.39 is 0 Å². The fraction of sp³-hybridized carbons (Fsp3) is 0.133. The molecule has 0 aromatic heterocycles. The SMILES string of the molecule is Cc1ccc(Nc2ccc(Cl)cc2C(N)=S)cc1C. The van der Waals surface area contributed by atoms with E-state index in [9.17, 15) is 0 Å². The number of rotatable bonds is 3. The van der Waals surface area contributed by atoms with Crippen LogP contribution in [0.5, 0.6) is 0 Å². The highest BCUT2D eigenvalue weighted by molar-refractivity contribution is 7.80. The van der Waals surface area contributed by atoms with E-state index in [1.807, 2.05) is 18.2 Å². The third kappa shape index (κ3) is 3.25. The predicted octanol–water partition coefficient (Wildman–Crippen LogP) is 4.33. The van der Waals surface area contributed by atoms with E-state index in [1.165, 1.54) is 11.1 Å². The second kappa shape index (κ2) is 5.59. The first kappa shape index (κ1) is 13.8. The molecule has 0 bridgehead atoms. The summed E-state index contributed by atoms with van der Waals surface area (Å²) in [5.74, 6) is 0. The molecular weight excluding hydrogens is 276 g/mol. The van der Waals surface area contributed by atoms with Gasteiger partial charge in [-0.15, -0.1) is 0 Å². The van der Waals surface area contributed by atoms with E-state index in [1.54, 1.807) is 6.07 Å². The van der Waals surface area contributed by atoms with Gasteiger partial charge in [-0.1, -0.05) is 29.9 Å². The monoisotopic (exact) mass is 290 g/mol. The number of nitrogens with one attached hydrogen (secondary N) is 1. The Morgan fingerprint density at radius 2 is 1.84 bits per heavy atom. The summed E-state index contributed by atoms with van der Waals surface area (Å²) in [6.07, 6.45) is 0. The molecule has 3 N–H and O–H groups in total. The van der Waals surface area contributed by atoms with Gasteiger partial charge in [0.15, 0.2) is 0 Å². The minimum absolute atomic E-state index is 0.328. The molecule has 0 aliphatic rings. The van der Waals surface area contributed by atoms with Gasteiger partial charge in [0.2, 0.25) is 0 Å². The molecule has 0 saturated carbocycles. The van der Waals surface area contributed by atoms with Crippen molar-refractivity contribution in [2.45, 2.75) is 13.8 Å². The molecule has 2 rings (SSSR count). The third-order valence-corrected chi connectivity index (χ3v) is 3.49. The van der Waals surface area contributed by atoms with Crippen molar-refractivity contribution in [3.05, 3.63) is 58.1 Å². The zero-order valence-corrected chi connectivity index (χ0v) is 12.4. The van der Waals surface area contributed by atoms with Crippen LogP contribution >= 0.6 is 23.8 Å². The zero-order chi connectivity index (χ0) is 14.0. The Morgan fingerprint density at radius 1 is 1.11 bits per heavy atom. The van der Waals surface area contributed by atoms with Crippen molar-refractivity contribution in [1.82, 2.24) is 0 Å². The van der Waals surface area contributed by atoms with Crippen LogP contribution in [0.2, 0.25) is 5.02 Å². The summed E-state index contributed by atoms with van der Waals surface area (Å²) in [4.78, 5) is 0.328. The van der Waals surface area contributed by atoms with E-state index in [2.05, 4.69) is 31.3 Å². The van der Waals surface area contributed by atoms with Gasteiger partial charge in [0, 0.05) is 22.0 Å². The van der Waals surface area contributed by atoms with Gasteiger partial charge in [0.1, 0.15) is 4.99 Å². The molecule has 0 unspecified atom stereocenters. The first-order chi connectivity index (χ1) is 8.97. The highest BCUT2D eigenvalue weighted by Gasteiger charge is 2.07. The lowest BCUT2D eigenvalue weighted by Crippen LogP contribution is -2.12. The number of benzene rings is 2. The molecule has 0 atom stereocenters. The van der Waals surface area contributed by atoms with Crippen LogP contribution in [-0.2, 0) is 0 Å². The Kier molecular flexibility index (Phi) is 4.08. The first-order valence-corrected chi connectivity index (χ1v) is 6.69. The summed E-state index contributed by atoms with van der Waals surface area (Å²) in [6, 6.07) is 11.7. The van der Waals surface area contributed by atoms with E-state index in [0.717, 1.165) is 16.9 Å². The summed E-state index contributed by atoms with van der Waals surface area (Å²) in [5.41, 5.74) is 10.8. The van der Waals surface area contributed by atoms with Crippen LogP contribution in [0.25, 0.3) is 0 Å². The zero-order valence-electron chi connectivity index (χ0n) is 10.8. The second-order valence-corrected chi connectivity index (χ2v) is 5.35. The van der Waals surface area contributed by atoms with Crippen LogP contribution in [0, 0.1) is 13.8 Å². The van der Waals surface area contributed by atoms with Gasteiger partial charge in [-0.3, -0.25) is 0 Å². The van der Waals surface area contributed by atoms with E-state index in [0.29, 0.717) is 10.0 Å². The van der Waals surface area contributed by atoms with Crippen LogP contribution in [0.15, 0.2) is 36.4 Å². The quantitative estimate of drug-likeness (QED) is 0.826. The second-order valence-electron chi connectivity index (χ2n) is 4.48. The number of halogens is 1. The van der Waals surface area contributed by atoms with Crippen LogP contribution in [0.3, 0.4) is 0 Å². The number of anilines is 2. The van der Waals surface area contributed by atoms with Crippen molar-refractivity contribution in [3.8, 4) is 0 Å². The summed E-state index contributed by atoms with van der Waals surface area (Å²) in [7, 11) is 0. The Hall–Kier alpha value is -1.58. The molecule has 0 radical (unpaired) electrons. The minimum atomic E-state index is 0.328. The molecule has 2 aromatic carbocycles. The summed E-state index contributed by atoms with van der Waals surface area (Å²) in [6.45, 7) is 4.17. The highest BCUT2D eigenvalue weighted by Crippen LogP contribution is 2.25. The highest BCUT2D eigenvalue weighted by atomic mass is 35.5. The van der Waals surface area contributed by atoms with Crippen molar-refractivity contribution in [2.24, 2.45) is 5.73 Å². The third-order valence-electron chi connectivity index (χ3n) is 3.03. The van der Waals surface area contributed by atoms with Crippen molar-refractivity contribution >= 4 is 40.2 Å². The fourth-order valence-corrected chi connectivity index (χ4v) is 2.14. The van der Waals surface area contributed by atoms with Gasteiger partial charge in [-0.25, -0.2) is 0 Å². The molecule has 0 fully saturated rings. The molecule has 19 heavy (non-hydrogen) atoms. The van der Waals surface area contributed by atoms with Crippen LogP contribution in [0.1, 0.15) is 16.7 Å². The van der Waals surface area contributed by atoms with Gasteiger partial charge in [-0.05, 0) is 55.3 Å². The van der Waals surface area contributed by atoms with Gasteiger partial charge in [0.05, 0.1) is 0 Å². The molecule has 0 spiro atoms. The van der Waals surface area contributed by atoms with Crippen molar-refractivity contribution in [3.63, 3.8) is 0 Å². The van der Waals surface area contributed by atoms with E-state index in [4.69, 9.17) is 29.6 Å². The number of hydrogen-bond acceptors (Lipinski definition) is 2. The summed E-state index contributed by atoms with van der Waals surface area (Å²) >= 11 is 11.0. The Balaban J connectivity index is 2.37. The van der Waals surface area contributed by atoms with Crippen LogP contribution in [0.4, 0.5) is 11.4 Å². The van der Waals surface area contributed by atoms with Crippen molar-refractivity contribution in [2.75, 3.05) is 5.32 Å². The number of nitrogens with two attached hydrogens (primary N) is 1. The molecule has 2 aromatic rings. The van der Waals surface area contributed by atoms with E-state index >= 15 is 0 Å². The van der Waals surface area contributed by atoms with Gasteiger partial charge >= 0.3 is 0 Å². The topological polar surface area (TPSA) is 38.0 Å². The molecular formula is C15H15ClN2S. The molecule has 0 aliphatic carbocycles. The molecule has 2 nitrogen and oxygen atoms in total. The van der Waals surface area contributed by atoms with Crippen LogP contribution in [-0.4, -0.2) is 4.99 Å². The first-order valence-electron chi connectivity index (χ1n) is 5.91. The maximum atomic E-state index is 5.97. The summed E-state index contributed by atoms with van der Waals surface area (Å²) in [5, 5.41) is 3.94. The van der Waals surface area contributed by atoms with E-state index in [-0.39, 0.29) is 0 Å². The largest absolute Gasteiger partial charge is 0.389 e. The summed E-state index contributed by atoms with van der Waals surface area (Å²) < 4.78 is 0. The molecule has 0 amide bonds. The number of thiocarbonyl (C=S) groups is 1. The fourth-order valence-electron chi connectivity index (χ4n) is 1.80. The predicted molar refractivity (Wildman–Crippen MR) is 86.5 cm³/mol. The smallest absolute Gasteiger partial charge is 0.106 e. The standard InChI is InChI=1S/C15H15ClN2S/c1-9-3-5-12(7-10(9)2)18-14-6-4-11(16)8-13(14)15(17)19/h3-8,18H,1-2H3,(H2,17,19). The maximum absolute atomic E-state index is 5.97. The molecule has 0 aliphatic heterocycles. The molecule has 4 heteroatoms. The van der Waals surface area contributed by atoms with Gasteiger partial charge < -0.3 is 11.1 Å². The Bertz CT molecular complexity index is 638. The van der Waals surface area contributed by atoms with Crippen LogP contribution < -0.4 is 11.1 Å². The number of aryl methyl sites for hydroxylation is 2. The van der Waals surface area contributed by atoms with Gasteiger partial charge in [0.25, 0.3) is 0 Å². The normalized spacial score (nSPS) is 10.3. The lowest BCUT2D eigenvalue weighted by molar-refractivity contribution is 1.34.